The number of aliphatic hydroxyl groups is 1. The standard InChI is InChI=1S/C26H24BO3/c1-25(2,28)26(3,4)30-27-16-13-14-21-22(15-16)29-24-20-12-8-6-10-18(20)17-9-5-7-11-19(17)23(21)24/h5-15,28H,1-4H3. The molecule has 5 aromatic rings. The lowest BCUT2D eigenvalue weighted by molar-refractivity contribution is -0.0893. The molecule has 1 N–H and O–H groups in total. The van der Waals surface area contributed by atoms with Gasteiger partial charge in [-0.05, 0) is 55.4 Å². The molecule has 30 heavy (non-hydrogen) atoms. The van der Waals surface area contributed by atoms with Gasteiger partial charge in [0, 0.05) is 16.2 Å². The van der Waals surface area contributed by atoms with E-state index < -0.39 is 11.2 Å². The Labute approximate surface area is 176 Å². The Morgan fingerprint density at radius 2 is 1.37 bits per heavy atom. The molecule has 1 aromatic heterocycles. The summed E-state index contributed by atoms with van der Waals surface area (Å²) in [6.45, 7) is 7.25. The highest BCUT2D eigenvalue weighted by Gasteiger charge is 2.35. The molecule has 0 saturated heterocycles. The van der Waals surface area contributed by atoms with Gasteiger partial charge in [-0.2, -0.15) is 0 Å². The van der Waals surface area contributed by atoms with Gasteiger partial charge in [-0.1, -0.05) is 60.7 Å². The molecule has 1 radical (unpaired) electrons. The molecule has 0 atom stereocenters. The zero-order chi connectivity index (χ0) is 21.1. The van der Waals surface area contributed by atoms with Crippen molar-refractivity contribution in [1.82, 2.24) is 0 Å². The van der Waals surface area contributed by atoms with Gasteiger partial charge in [0.1, 0.15) is 11.2 Å². The average molecular weight is 395 g/mol. The normalized spacial score (nSPS) is 13.0. The molecule has 0 amide bonds. The summed E-state index contributed by atoms with van der Waals surface area (Å²) < 4.78 is 12.3. The van der Waals surface area contributed by atoms with Crippen LogP contribution in [0.25, 0.3) is 43.5 Å². The van der Waals surface area contributed by atoms with Crippen molar-refractivity contribution in [3.63, 3.8) is 0 Å². The molecule has 0 fully saturated rings. The Morgan fingerprint density at radius 3 is 2.03 bits per heavy atom. The van der Waals surface area contributed by atoms with E-state index in [1.807, 2.05) is 26.0 Å². The van der Waals surface area contributed by atoms with Crippen LogP contribution in [0.1, 0.15) is 27.7 Å². The Bertz CT molecular complexity index is 1410. The van der Waals surface area contributed by atoms with Gasteiger partial charge in [0.2, 0.25) is 0 Å². The molecule has 0 aliphatic carbocycles. The monoisotopic (exact) mass is 395 g/mol. The van der Waals surface area contributed by atoms with E-state index in [-0.39, 0.29) is 0 Å². The van der Waals surface area contributed by atoms with Gasteiger partial charge in [0.25, 0.3) is 0 Å². The second kappa shape index (κ2) is 6.59. The lowest BCUT2D eigenvalue weighted by atomic mass is 9.82. The van der Waals surface area contributed by atoms with Crippen LogP contribution in [0.2, 0.25) is 0 Å². The second-order valence-corrected chi connectivity index (χ2v) is 8.96. The smallest absolute Gasteiger partial charge is 0.331 e. The van der Waals surface area contributed by atoms with E-state index in [9.17, 15) is 5.11 Å². The van der Waals surface area contributed by atoms with Crippen molar-refractivity contribution in [2.75, 3.05) is 0 Å². The second-order valence-electron chi connectivity index (χ2n) is 8.96. The number of fused-ring (bicyclic) bond motifs is 8. The number of hydrogen-bond acceptors (Lipinski definition) is 3. The maximum atomic E-state index is 10.3. The molecule has 0 unspecified atom stereocenters. The first-order valence-corrected chi connectivity index (χ1v) is 10.3. The first-order valence-electron chi connectivity index (χ1n) is 10.3. The van der Waals surface area contributed by atoms with E-state index in [1.54, 1.807) is 21.3 Å². The molecule has 3 nitrogen and oxygen atoms in total. The van der Waals surface area contributed by atoms with Crippen LogP contribution in [0.3, 0.4) is 0 Å². The first-order chi connectivity index (χ1) is 14.3. The third-order valence-electron chi connectivity index (χ3n) is 6.34. The summed E-state index contributed by atoms with van der Waals surface area (Å²) in [5, 5.41) is 17.3. The molecule has 1 heterocycles. The summed E-state index contributed by atoms with van der Waals surface area (Å²) in [4.78, 5) is 0. The predicted molar refractivity (Wildman–Crippen MR) is 126 cm³/mol. The summed E-state index contributed by atoms with van der Waals surface area (Å²) in [6.07, 6.45) is 0. The third-order valence-corrected chi connectivity index (χ3v) is 6.34. The van der Waals surface area contributed by atoms with E-state index in [0.717, 1.165) is 32.8 Å². The van der Waals surface area contributed by atoms with Crippen LogP contribution in [0, 0.1) is 0 Å². The fraction of sp³-hybridized carbons (Fsp3) is 0.231. The maximum Gasteiger partial charge on any atom is 0.331 e. The van der Waals surface area contributed by atoms with E-state index in [2.05, 4.69) is 54.6 Å². The van der Waals surface area contributed by atoms with Crippen LogP contribution in [0.15, 0.2) is 71.1 Å². The van der Waals surface area contributed by atoms with Crippen molar-refractivity contribution in [2.45, 2.75) is 38.9 Å². The van der Waals surface area contributed by atoms with Gasteiger partial charge in [0.15, 0.2) is 0 Å². The van der Waals surface area contributed by atoms with Gasteiger partial charge < -0.3 is 14.2 Å². The van der Waals surface area contributed by atoms with Crippen molar-refractivity contribution in [1.29, 1.82) is 0 Å². The fourth-order valence-electron chi connectivity index (χ4n) is 3.86. The molecule has 4 aromatic carbocycles. The molecular weight excluding hydrogens is 371 g/mol. The molecule has 0 bridgehead atoms. The molecule has 0 aliphatic heterocycles. The highest BCUT2D eigenvalue weighted by Crippen LogP contribution is 2.40. The van der Waals surface area contributed by atoms with E-state index in [1.165, 1.54) is 16.2 Å². The quantitative estimate of drug-likeness (QED) is 0.313. The summed E-state index contributed by atoms with van der Waals surface area (Å²) in [7, 11) is 1.70. The maximum absolute atomic E-state index is 10.3. The van der Waals surface area contributed by atoms with Crippen LogP contribution < -0.4 is 5.46 Å². The molecule has 149 valence electrons. The van der Waals surface area contributed by atoms with Crippen LogP contribution >= 0.6 is 0 Å². The van der Waals surface area contributed by atoms with E-state index in [0.29, 0.717) is 0 Å². The van der Waals surface area contributed by atoms with Crippen molar-refractivity contribution < 1.29 is 14.2 Å². The zero-order valence-corrected chi connectivity index (χ0v) is 17.7. The van der Waals surface area contributed by atoms with Crippen molar-refractivity contribution >= 4 is 56.4 Å². The number of rotatable bonds is 4. The molecule has 0 saturated carbocycles. The predicted octanol–water partition coefficient (Wildman–Crippen LogP) is 5.70. The summed E-state index contributed by atoms with van der Waals surface area (Å²) in [5.74, 6) is 0. The topological polar surface area (TPSA) is 42.6 Å². The van der Waals surface area contributed by atoms with Gasteiger partial charge in [-0.3, -0.25) is 0 Å². The van der Waals surface area contributed by atoms with Crippen molar-refractivity contribution in [3.8, 4) is 0 Å². The first kappa shape index (κ1) is 19.2. The zero-order valence-electron chi connectivity index (χ0n) is 17.7. The minimum absolute atomic E-state index is 0.720. The summed E-state index contributed by atoms with van der Waals surface area (Å²) in [6, 6.07) is 23.0. The fourth-order valence-corrected chi connectivity index (χ4v) is 3.86. The summed E-state index contributed by atoms with van der Waals surface area (Å²) >= 11 is 0. The Balaban J connectivity index is 1.69. The Kier molecular flexibility index (Phi) is 4.21. The van der Waals surface area contributed by atoms with E-state index in [4.69, 9.17) is 9.07 Å². The molecular formula is C26H24BO3. The largest absolute Gasteiger partial charge is 0.455 e. The molecule has 0 aliphatic rings. The van der Waals surface area contributed by atoms with Crippen molar-refractivity contribution in [3.05, 3.63) is 66.7 Å². The van der Waals surface area contributed by atoms with E-state index >= 15 is 0 Å². The van der Waals surface area contributed by atoms with Crippen LogP contribution in [-0.2, 0) is 4.65 Å². The summed E-state index contributed by atoms with van der Waals surface area (Å²) in [5.41, 5.74) is 0.944. The number of hydrogen-bond donors (Lipinski definition) is 1. The Morgan fingerprint density at radius 1 is 0.767 bits per heavy atom. The minimum atomic E-state index is -0.967. The third kappa shape index (κ3) is 2.91. The number of benzene rings is 4. The van der Waals surface area contributed by atoms with Gasteiger partial charge in [-0.15, -0.1) is 0 Å². The van der Waals surface area contributed by atoms with Crippen molar-refractivity contribution in [2.24, 2.45) is 0 Å². The molecule has 5 rings (SSSR count). The molecule has 4 heteroatoms. The molecule has 0 spiro atoms. The van der Waals surface area contributed by atoms with Crippen LogP contribution in [0.4, 0.5) is 0 Å². The Hall–Kier alpha value is -2.82. The van der Waals surface area contributed by atoms with Gasteiger partial charge >= 0.3 is 7.48 Å². The minimum Gasteiger partial charge on any atom is -0.455 e. The number of furan rings is 1. The van der Waals surface area contributed by atoms with Gasteiger partial charge in [-0.25, -0.2) is 0 Å². The van der Waals surface area contributed by atoms with Crippen LogP contribution in [-0.4, -0.2) is 23.8 Å². The lowest BCUT2D eigenvalue weighted by Gasteiger charge is -2.37. The lowest BCUT2D eigenvalue weighted by Crippen LogP contribution is -2.49. The van der Waals surface area contributed by atoms with Crippen LogP contribution in [0.5, 0.6) is 0 Å². The highest BCUT2D eigenvalue weighted by atomic mass is 16.5. The van der Waals surface area contributed by atoms with Gasteiger partial charge in [0.05, 0.1) is 11.2 Å². The average Bonchev–Trinajstić information content (AvgIpc) is 3.11. The highest BCUT2D eigenvalue weighted by molar-refractivity contribution is 6.47. The SMILES string of the molecule is CC(C)(O)C(C)(C)O[B]c1ccc2c(c1)oc1c3ccccc3c3ccccc3c21.